The molecule has 1 aromatic rings. The summed E-state index contributed by atoms with van der Waals surface area (Å²) in [7, 11) is 0. The van der Waals surface area contributed by atoms with Crippen LogP contribution in [0.5, 0.6) is 0 Å². The number of hydrogen-bond acceptors (Lipinski definition) is 2. The number of nitriles is 1. The van der Waals surface area contributed by atoms with Crippen molar-refractivity contribution in [2.45, 2.75) is 25.7 Å². The minimum Gasteiger partial charge on any atom is -0.316 e. The summed E-state index contributed by atoms with van der Waals surface area (Å²) >= 11 is 0. The minimum atomic E-state index is 0.0488. The second-order valence-electron chi connectivity index (χ2n) is 4.63. The summed E-state index contributed by atoms with van der Waals surface area (Å²) in [4.78, 5) is 0. The van der Waals surface area contributed by atoms with Crippen LogP contribution in [0.2, 0.25) is 0 Å². The Kier molecular flexibility index (Phi) is 3.58. The number of piperidine rings is 1. The summed E-state index contributed by atoms with van der Waals surface area (Å²) in [5, 5.41) is 12.7. The Morgan fingerprint density at radius 2 is 2.38 bits per heavy atom. The summed E-state index contributed by atoms with van der Waals surface area (Å²) in [6.07, 6.45) is 2.35. The van der Waals surface area contributed by atoms with Crippen molar-refractivity contribution in [1.29, 1.82) is 5.26 Å². The maximum atomic E-state index is 9.34. The largest absolute Gasteiger partial charge is 0.316 e. The topological polar surface area (TPSA) is 35.8 Å². The van der Waals surface area contributed by atoms with E-state index in [-0.39, 0.29) is 5.92 Å². The molecule has 0 amide bonds. The molecular formula is C14H18N2. The van der Waals surface area contributed by atoms with Crippen LogP contribution < -0.4 is 5.32 Å². The Balaban J connectivity index is 2.18. The standard InChI is InChI=1S/C14H18N2/c1-11-4-2-5-12(8-11)14(9-15)13-6-3-7-16-10-13/h2,4-5,8,13-14,16H,3,6-7,10H2,1H3. The Hall–Kier alpha value is -1.33. The monoisotopic (exact) mass is 214 g/mol. The van der Waals surface area contributed by atoms with Crippen molar-refractivity contribution in [3.8, 4) is 6.07 Å². The molecule has 2 atom stereocenters. The molecule has 0 aromatic heterocycles. The van der Waals surface area contributed by atoms with Crippen LogP contribution in [0, 0.1) is 24.2 Å². The van der Waals surface area contributed by atoms with Crippen LogP contribution in [0.3, 0.4) is 0 Å². The van der Waals surface area contributed by atoms with Crippen LogP contribution in [-0.4, -0.2) is 13.1 Å². The van der Waals surface area contributed by atoms with E-state index >= 15 is 0 Å². The number of nitrogens with zero attached hydrogens (tertiary/aromatic N) is 1. The van der Waals surface area contributed by atoms with Crippen molar-refractivity contribution in [2.75, 3.05) is 13.1 Å². The average molecular weight is 214 g/mol. The summed E-state index contributed by atoms with van der Waals surface area (Å²) in [6, 6.07) is 10.8. The lowest BCUT2D eigenvalue weighted by Crippen LogP contribution is -2.32. The lowest BCUT2D eigenvalue weighted by molar-refractivity contribution is 0.354. The zero-order valence-electron chi connectivity index (χ0n) is 9.74. The number of rotatable bonds is 2. The lowest BCUT2D eigenvalue weighted by atomic mass is 9.82. The number of aryl methyl sites for hydroxylation is 1. The highest BCUT2D eigenvalue weighted by molar-refractivity contribution is 5.30. The van der Waals surface area contributed by atoms with Crippen LogP contribution in [0.15, 0.2) is 24.3 Å². The predicted octanol–water partition coefficient (Wildman–Crippen LogP) is 2.60. The van der Waals surface area contributed by atoms with E-state index in [9.17, 15) is 5.26 Å². The predicted molar refractivity (Wildman–Crippen MR) is 65.1 cm³/mol. The van der Waals surface area contributed by atoms with E-state index in [1.165, 1.54) is 24.0 Å². The maximum Gasteiger partial charge on any atom is 0.0753 e. The van der Waals surface area contributed by atoms with Gasteiger partial charge in [-0.1, -0.05) is 29.8 Å². The van der Waals surface area contributed by atoms with Gasteiger partial charge in [-0.15, -0.1) is 0 Å². The first-order valence-corrected chi connectivity index (χ1v) is 5.98. The third-order valence-electron chi connectivity index (χ3n) is 3.35. The third-order valence-corrected chi connectivity index (χ3v) is 3.35. The van der Waals surface area contributed by atoms with Crippen molar-refractivity contribution in [3.63, 3.8) is 0 Å². The summed E-state index contributed by atoms with van der Waals surface area (Å²) in [5.41, 5.74) is 2.41. The molecule has 2 rings (SSSR count). The van der Waals surface area contributed by atoms with Gasteiger partial charge >= 0.3 is 0 Å². The zero-order valence-corrected chi connectivity index (χ0v) is 9.74. The molecule has 1 aliphatic rings. The van der Waals surface area contributed by atoms with Crippen molar-refractivity contribution < 1.29 is 0 Å². The van der Waals surface area contributed by atoms with Gasteiger partial charge in [0.2, 0.25) is 0 Å². The Bertz CT molecular complexity index is 386. The first kappa shape index (κ1) is 11.2. The molecule has 0 bridgehead atoms. The fraction of sp³-hybridized carbons (Fsp3) is 0.500. The van der Waals surface area contributed by atoms with Crippen LogP contribution in [0.4, 0.5) is 0 Å². The van der Waals surface area contributed by atoms with Gasteiger partial charge in [-0.2, -0.15) is 5.26 Å². The molecule has 1 saturated heterocycles. The normalized spacial score (nSPS) is 22.4. The summed E-state index contributed by atoms with van der Waals surface area (Å²) in [5.74, 6) is 0.522. The van der Waals surface area contributed by atoms with E-state index in [4.69, 9.17) is 0 Å². The molecule has 0 spiro atoms. The van der Waals surface area contributed by atoms with Gasteiger partial charge in [0.05, 0.1) is 12.0 Å². The molecule has 2 nitrogen and oxygen atoms in total. The molecule has 1 fully saturated rings. The second kappa shape index (κ2) is 5.14. The van der Waals surface area contributed by atoms with Crippen molar-refractivity contribution in [1.82, 2.24) is 5.32 Å². The molecule has 0 saturated carbocycles. The average Bonchev–Trinajstić information content (AvgIpc) is 2.31. The molecule has 2 heteroatoms. The lowest BCUT2D eigenvalue weighted by Gasteiger charge is -2.27. The molecule has 84 valence electrons. The summed E-state index contributed by atoms with van der Waals surface area (Å²) in [6.45, 7) is 4.16. The third kappa shape index (κ3) is 2.43. The highest BCUT2D eigenvalue weighted by atomic mass is 14.9. The molecule has 1 N–H and O–H groups in total. The van der Waals surface area contributed by atoms with Crippen LogP contribution >= 0.6 is 0 Å². The van der Waals surface area contributed by atoms with E-state index in [1.54, 1.807) is 0 Å². The number of benzene rings is 1. The Labute approximate surface area is 97.3 Å². The molecule has 1 heterocycles. The molecule has 1 aliphatic heterocycles. The summed E-state index contributed by atoms with van der Waals surface area (Å²) < 4.78 is 0. The molecule has 1 aromatic carbocycles. The van der Waals surface area contributed by atoms with E-state index < -0.39 is 0 Å². The van der Waals surface area contributed by atoms with Crippen molar-refractivity contribution in [2.24, 2.45) is 5.92 Å². The van der Waals surface area contributed by atoms with Gasteiger partial charge in [-0.3, -0.25) is 0 Å². The first-order chi connectivity index (χ1) is 7.81. The van der Waals surface area contributed by atoms with E-state index in [0.29, 0.717) is 5.92 Å². The second-order valence-corrected chi connectivity index (χ2v) is 4.63. The van der Waals surface area contributed by atoms with E-state index in [2.05, 4.69) is 36.5 Å². The van der Waals surface area contributed by atoms with Gasteiger partial charge in [0.15, 0.2) is 0 Å². The van der Waals surface area contributed by atoms with Gasteiger partial charge in [0.1, 0.15) is 0 Å². The van der Waals surface area contributed by atoms with Crippen molar-refractivity contribution in [3.05, 3.63) is 35.4 Å². The molecule has 0 aliphatic carbocycles. The molecule has 0 radical (unpaired) electrons. The van der Waals surface area contributed by atoms with Gasteiger partial charge in [0.25, 0.3) is 0 Å². The SMILES string of the molecule is Cc1cccc(C(C#N)C2CCCNC2)c1. The van der Waals surface area contributed by atoms with Crippen LogP contribution in [-0.2, 0) is 0 Å². The quantitative estimate of drug-likeness (QED) is 0.821. The number of nitrogens with one attached hydrogen (secondary N) is 1. The van der Waals surface area contributed by atoms with Crippen LogP contribution in [0.25, 0.3) is 0 Å². The number of hydrogen-bond donors (Lipinski definition) is 1. The van der Waals surface area contributed by atoms with Gasteiger partial charge < -0.3 is 5.32 Å². The van der Waals surface area contributed by atoms with Crippen LogP contribution in [0.1, 0.15) is 29.9 Å². The fourth-order valence-electron chi connectivity index (χ4n) is 2.48. The zero-order chi connectivity index (χ0) is 11.4. The smallest absolute Gasteiger partial charge is 0.0753 e. The van der Waals surface area contributed by atoms with Gasteiger partial charge in [0, 0.05) is 0 Å². The Morgan fingerprint density at radius 1 is 1.50 bits per heavy atom. The van der Waals surface area contributed by atoms with E-state index in [1.807, 2.05) is 6.07 Å². The van der Waals surface area contributed by atoms with Crippen molar-refractivity contribution >= 4 is 0 Å². The highest BCUT2D eigenvalue weighted by Gasteiger charge is 2.24. The highest BCUT2D eigenvalue weighted by Crippen LogP contribution is 2.29. The first-order valence-electron chi connectivity index (χ1n) is 5.98. The fourth-order valence-corrected chi connectivity index (χ4v) is 2.48. The molecular weight excluding hydrogens is 196 g/mol. The van der Waals surface area contributed by atoms with Gasteiger partial charge in [-0.25, -0.2) is 0 Å². The molecule has 2 unspecified atom stereocenters. The van der Waals surface area contributed by atoms with E-state index in [0.717, 1.165) is 13.1 Å². The maximum absolute atomic E-state index is 9.34. The Morgan fingerprint density at radius 3 is 3.00 bits per heavy atom. The molecule has 16 heavy (non-hydrogen) atoms. The minimum absolute atomic E-state index is 0.0488. The van der Waals surface area contributed by atoms with Gasteiger partial charge in [-0.05, 0) is 44.3 Å².